The first-order valence-electron chi connectivity index (χ1n) is 11.3. The Kier molecular flexibility index (Phi) is 3.49. The van der Waals surface area contributed by atoms with Crippen LogP contribution >= 0.6 is 0 Å². The third-order valence-electron chi connectivity index (χ3n) is 10.2. The molecule has 1 N–H and O–H groups in total. The summed E-state index contributed by atoms with van der Waals surface area (Å²) in [5, 5.41) is 10.2. The van der Waals surface area contributed by atoms with E-state index in [-0.39, 0.29) is 22.7 Å². The summed E-state index contributed by atoms with van der Waals surface area (Å²) in [5.74, 6) is 2.48. The summed E-state index contributed by atoms with van der Waals surface area (Å²) in [4.78, 5) is 11.4. The summed E-state index contributed by atoms with van der Waals surface area (Å²) in [6, 6.07) is 3.55. The Hall–Kier alpha value is -1.13. The molecular weight excluding hydrogens is 352 g/mol. The second-order valence-electron chi connectivity index (χ2n) is 11.0. The second-order valence-corrected chi connectivity index (χ2v) is 11.0. The molecule has 0 unspecified atom stereocenters. The minimum Gasteiger partial charge on any atom is -0.431 e. The van der Waals surface area contributed by atoms with Crippen molar-refractivity contribution in [3.63, 3.8) is 0 Å². The molecule has 4 saturated carbocycles. The quantitative estimate of drug-likeness (QED) is 0.735. The van der Waals surface area contributed by atoms with Crippen molar-refractivity contribution in [2.45, 2.75) is 88.9 Å². The Morgan fingerprint density at radius 3 is 2.68 bits per heavy atom. The number of aliphatic hydroxyl groups excluding tert-OH is 1. The number of ether oxygens (including phenoxy) is 1. The number of epoxide rings is 1. The van der Waals surface area contributed by atoms with Gasteiger partial charge in [-0.2, -0.15) is 0 Å². The largest absolute Gasteiger partial charge is 0.431 e. The molecule has 4 heteroatoms. The topological polar surface area (TPSA) is 63.0 Å². The van der Waals surface area contributed by atoms with E-state index < -0.39 is 0 Å². The van der Waals surface area contributed by atoms with Crippen molar-refractivity contribution in [3.8, 4) is 0 Å². The predicted octanol–water partition coefficient (Wildman–Crippen LogP) is 4.26. The van der Waals surface area contributed by atoms with Crippen LogP contribution in [0.1, 0.15) is 76.7 Å². The normalized spacial score (nSPS) is 54.2. The van der Waals surface area contributed by atoms with Crippen LogP contribution in [0.25, 0.3) is 0 Å². The van der Waals surface area contributed by atoms with E-state index in [4.69, 9.17) is 9.15 Å². The zero-order valence-corrected chi connectivity index (χ0v) is 17.0. The maximum Gasteiger partial charge on any atom is 0.335 e. The Bertz CT molecular complexity index is 842. The maximum absolute atomic E-state index is 11.4. The Balaban J connectivity index is 1.36. The Labute approximate surface area is 166 Å². The van der Waals surface area contributed by atoms with Gasteiger partial charge in [0.2, 0.25) is 0 Å². The smallest absolute Gasteiger partial charge is 0.335 e. The molecule has 0 bridgehead atoms. The summed E-state index contributed by atoms with van der Waals surface area (Å²) >= 11 is 0. The molecule has 6 rings (SSSR count). The van der Waals surface area contributed by atoms with E-state index in [2.05, 4.69) is 13.8 Å². The van der Waals surface area contributed by atoms with Gasteiger partial charge < -0.3 is 14.3 Å². The Morgan fingerprint density at radius 2 is 1.89 bits per heavy atom. The molecule has 0 amide bonds. The van der Waals surface area contributed by atoms with Crippen LogP contribution in [0.4, 0.5) is 0 Å². The fraction of sp³-hybridized carbons (Fsp3) is 0.792. The highest BCUT2D eigenvalue weighted by atomic mass is 16.6. The van der Waals surface area contributed by atoms with E-state index in [1.54, 1.807) is 12.3 Å². The van der Waals surface area contributed by atoms with E-state index in [1.807, 2.05) is 6.07 Å². The van der Waals surface area contributed by atoms with Crippen molar-refractivity contribution in [1.82, 2.24) is 0 Å². The molecule has 0 radical (unpaired) electrons. The number of aliphatic hydroxyl groups is 1. The molecule has 1 aromatic heterocycles. The SMILES string of the molecule is C[C@]12CC[C@H](O)C[C@H]1CC[C@@H]1[C@@H]2CC[C@]2(C)[C@H](c3ccc(=O)oc3)C[C@H]3O[C@]132. The average Bonchev–Trinajstić information content (AvgIpc) is 3.33. The van der Waals surface area contributed by atoms with E-state index in [0.717, 1.165) is 25.2 Å². The summed E-state index contributed by atoms with van der Waals surface area (Å²) in [7, 11) is 0. The van der Waals surface area contributed by atoms with Gasteiger partial charge in [-0.25, -0.2) is 4.79 Å². The lowest BCUT2D eigenvalue weighted by atomic mass is 9.44. The van der Waals surface area contributed by atoms with E-state index in [9.17, 15) is 9.90 Å². The molecule has 1 saturated heterocycles. The maximum atomic E-state index is 11.4. The molecule has 4 nitrogen and oxygen atoms in total. The molecule has 1 aliphatic heterocycles. The molecule has 5 aliphatic rings. The summed E-state index contributed by atoms with van der Waals surface area (Å²) in [6.45, 7) is 4.97. The van der Waals surface area contributed by atoms with Gasteiger partial charge >= 0.3 is 5.63 Å². The predicted molar refractivity (Wildman–Crippen MR) is 105 cm³/mol. The lowest BCUT2D eigenvalue weighted by Crippen LogP contribution is -2.58. The van der Waals surface area contributed by atoms with Crippen molar-refractivity contribution >= 4 is 0 Å². The number of fused-ring (bicyclic) bond motifs is 3. The third-order valence-corrected chi connectivity index (χ3v) is 10.2. The van der Waals surface area contributed by atoms with E-state index in [0.29, 0.717) is 29.3 Å². The van der Waals surface area contributed by atoms with Gasteiger partial charge in [-0.3, -0.25) is 0 Å². The minimum atomic E-state index is -0.266. The van der Waals surface area contributed by atoms with Crippen LogP contribution in [0.3, 0.4) is 0 Å². The van der Waals surface area contributed by atoms with Gasteiger partial charge in [0.1, 0.15) is 5.60 Å². The van der Waals surface area contributed by atoms with Crippen LogP contribution in [0.5, 0.6) is 0 Å². The highest BCUT2D eigenvalue weighted by molar-refractivity contribution is 5.35. The van der Waals surface area contributed by atoms with Crippen molar-refractivity contribution in [2.75, 3.05) is 0 Å². The van der Waals surface area contributed by atoms with E-state index in [1.165, 1.54) is 37.7 Å². The monoisotopic (exact) mass is 384 g/mol. The Morgan fingerprint density at radius 1 is 1.04 bits per heavy atom. The zero-order valence-electron chi connectivity index (χ0n) is 17.0. The van der Waals surface area contributed by atoms with Gasteiger partial charge in [-0.1, -0.05) is 13.8 Å². The average molecular weight is 385 g/mol. The summed E-state index contributed by atoms with van der Waals surface area (Å²) < 4.78 is 11.8. The molecule has 2 heterocycles. The minimum absolute atomic E-state index is 0.0285. The highest BCUT2D eigenvalue weighted by Gasteiger charge is 2.80. The third kappa shape index (κ3) is 2.01. The molecule has 4 aliphatic carbocycles. The highest BCUT2D eigenvalue weighted by Crippen LogP contribution is 2.77. The fourth-order valence-corrected chi connectivity index (χ4v) is 8.74. The number of rotatable bonds is 1. The summed E-state index contributed by atoms with van der Waals surface area (Å²) in [6.07, 6.45) is 11.1. The first-order valence-corrected chi connectivity index (χ1v) is 11.3. The van der Waals surface area contributed by atoms with Gasteiger partial charge in [0.25, 0.3) is 0 Å². The van der Waals surface area contributed by atoms with Gasteiger partial charge in [0.15, 0.2) is 0 Å². The standard InChI is InChI=1S/C24H32O4/c1-22-9-7-16(25)11-15(22)4-5-18-17(22)8-10-23(2)19(12-20-24(18,23)28-20)14-3-6-21(26)27-13-14/h3,6,13,15-20,25H,4-5,7-12H2,1-2H3/t15-,16+,17+,18-,19+,20-,22+,23-,24-/m1/s1. The van der Waals surface area contributed by atoms with Crippen molar-refractivity contribution in [2.24, 2.45) is 28.6 Å². The van der Waals surface area contributed by atoms with Crippen molar-refractivity contribution in [3.05, 3.63) is 34.4 Å². The number of hydrogen-bond donors (Lipinski definition) is 1. The zero-order chi connectivity index (χ0) is 19.3. The first-order chi connectivity index (χ1) is 13.4. The molecule has 1 aromatic rings. The van der Waals surface area contributed by atoms with Crippen LogP contribution in [-0.4, -0.2) is 22.9 Å². The van der Waals surface area contributed by atoms with Gasteiger partial charge in [-0.15, -0.1) is 0 Å². The van der Waals surface area contributed by atoms with Gasteiger partial charge in [0.05, 0.1) is 18.5 Å². The second kappa shape index (κ2) is 5.51. The lowest BCUT2D eigenvalue weighted by molar-refractivity contribution is -0.139. The molecule has 1 spiro atoms. The van der Waals surface area contributed by atoms with E-state index >= 15 is 0 Å². The van der Waals surface area contributed by atoms with Crippen LogP contribution in [0, 0.1) is 28.6 Å². The van der Waals surface area contributed by atoms with Crippen molar-refractivity contribution < 1.29 is 14.3 Å². The van der Waals surface area contributed by atoms with Gasteiger partial charge in [-0.05, 0) is 92.1 Å². The molecule has 152 valence electrons. The fourth-order valence-electron chi connectivity index (χ4n) is 8.74. The number of hydrogen-bond acceptors (Lipinski definition) is 4. The molecule has 28 heavy (non-hydrogen) atoms. The van der Waals surface area contributed by atoms with Crippen LogP contribution in [0.2, 0.25) is 0 Å². The van der Waals surface area contributed by atoms with Crippen LogP contribution in [-0.2, 0) is 4.74 Å². The van der Waals surface area contributed by atoms with Crippen LogP contribution in [0.15, 0.2) is 27.6 Å². The first kappa shape index (κ1) is 17.7. The molecular formula is C24H32O4. The lowest BCUT2D eigenvalue weighted by Gasteiger charge is -2.61. The molecule has 0 aromatic carbocycles. The van der Waals surface area contributed by atoms with Crippen molar-refractivity contribution in [1.29, 1.82) is 0 Å². The molecule has 5 fully saturated rings. The summed E-state index contributed by atoms with van der Waals surface area (Å²) in [5.41, 5.74) is 1.44. The molecule has 9 atom stereocenters. The van der Waals surface area contributed by atoms with Gasteiger partial charge in [0, 0.05) is 11.5 Å². The van der Waals surface area contributed by atoms with Crippen LogP contribution < -0.4 is 5.63 Å².